The van der Waals surface area contributed by atoms with E-state index in [1.807, 2.05) is 30.3 Å². The van der Waals surface area contributed by atoms with Gasteiger partial charge in [0.1, 0.15) is 0 Å². The number of hydrogen-bond donors (Lipinski definition) is 3. The highest BCUT2D eigenvalue weighted by Crippen LogP contribution is 2.44. The van der Waals surface area contributed by atoms with Gasteiger partial charge in [0.25, 0.3) is 0 Å². The first-order valence-corrected chi connectivity index (χ1v) is 9.12. The lowest BCUT2D eigenvalue weighted by molar-refractivity contribution is -0.159. The Balaban J connectivity index is 1.43. The highest BCUT2D eigenvalue weighted by molar-refractivity contribution is 5.89. The van der Waals surface area contributed by atoms with Gasteiger partial charge in [0.2, 0.25) is 5.91 Å². The van der Waals surface area contributed by atoms with Crippen LogP contribution in [0.15, 0.2) is 30.3 Å². The van der Waals surface area contributed by atoms with Gasteiger partial charge in [-0.1, -0.05) is 24.6 Å². The smallest absolute Gasteiger partial charge is 0.319 e. The second kappa shape index (κ2) is 7.76. The molecule has 1 saturated carbocycles. The van der Waals surface area contributed by atoms with Gasteiger partial charge in [0.05, 0.1) is 5.41 Å². The van der Waals surface area contributed by atoms with Crippen LogP contribution >= 0.6 is 0 Å². The van der Waals surface area contributed by atoms with Gasteiger partial charge in [0, 0.05) is 31.2 Å². The molecule has 1 saturated heterocycles. The van der Waals surface area contributed by atoms with Crippen molar-refractivity contribution in [2.75, 3.05) is 18.4 Å². The molecular formula is C19H25N3O4. The van der Waals surface area contributed by atoms with Crippen molar-refractivity contribution in [2.24, 2.45) is 5.41 Å². The van der Waals surface area contributed by atoms with Crippen LogP contribution in [0.1, 0.15) is 38.5 Å². The highest BCUT2D eigenvalue weighted by Gasteiger charge is 2.46. The predicted octanol–water partition coefficient (Wildman–Crippen LogP) is 2.44. The molecular weight excluding hydrogens is 334 g/mol. The highest BCUT2D eigenvalue weighted by atomic mass is 16.4. The Kier molecular flexibility index (Phi) is 5.44. The van der Waals surface area contributed by atoms with Gasteiger partial charge in [-0.05, 0) is 37.8 Å². The summed E-state index contributed by atoms with van der Waals surface area (Å²) in [5.41, 5.74) is -0.112. The van der Waals surface area contributed by atoms with Gasteiger partial charge < -0.3 is 20.6 Å². The molecule has 1 aliphatic carbocycles. The van der Waals surface area contributed by atoms with Crippen LogP contribution < -0.4 is 10.6 Å². The molecule has 2 aliphatic rings. The number of likely N-dealkylation sites (tertiary alicyclic amines) is 1. The van der Waals surface area contributed by atoms with E-state index in [2.05, 4.69) is 10.6 Å². The van der Waals surface area contributed by atoms with E-state index in [-0.39, 0.29) is 24.4 Å². The van der Waals surface area contributed by atoms with Gasteiger partial charge in [0.15, 0.2) is 0 Å². The Morgan fingerprint density at radius 2 is 1.77 bits per heavy atom. The van der Waals surface area contributed by atoms with Crippen LogP contribution in [0, 0.1) is 5.41 Å². The first-order chi connectivity index (χ1) is 12.5. The molecule has 0 radical (unpaired) electrons. The minimum atomic E-state index is -0.855. The number of carboxylic acid groups (broad SMARTS) is 1. The summed E-state index contributed by atoms with van der Waals surface area (Å²) in [6.07, 6.45) is 3.50. The molecule has 0 bridgehead atoms. The Bertz CT molecular complexity index is 665. The molecule has 3 rings (SSSR count). The third kappa shape index (κ3) is 4.15. The molecule has 1 heterocycles. The normalized spacial score (nSPS) is 19.3. The molecule has 1 aliphatic heterocycles. The lowest BCUT2D eigenvalue weighted by atomic mass is 9.66. The third-order valence-corrected chi connectivity index (χ3v) is 5.47. The number of amides is 3. The summed E-state index contributed by atoms with van der Waals surface area (Å²) in [5.74, 6) is -0.939. The Morgan fingerprint density at radius 3 is 2.31 bits per heavy atom. The van der Waals surface area contributed by atoms with Crippen LogP contribution in [0.25, 0.3) is 0 Å². The molecule has 0 unspecified atom stereocenters. The van der Waals surface area contributed by atoms with Crippen molar-refractivity contribution in [3.63, 3.8) is 0 Å². The fraction of sp³-hybridized carbons (Fsp3) is 0.526. The van der Waals surface area contributed by atoms with Crippen LogP contribution in [-0.2, 0) is 9.59 Å². The maximum Gasteiger partial charge on any atom is 0.319 e. The van der Waals surface area contributed by atoms with Crippen LogP contribution in [0.2, 0.25) is 0 Å². The average Bonchev–Trinajstić information content (AvgIpc) is 2.59. The van der Waals surface area contributed by atoms with Gasteiger partial charge in [-0.25, -0.2) is 4.79 Å². The van der Waals surface area contributed by atoms with E-state index in [4.69, 9.17) is 0 Å². The van der Waals surface area contributed by atoms with Gasteiger partial charge in [-0.15, -0.1) is 0 Å². The van der Waals surface area contributed by atoms with Crippen LogP contribution in [0.5, 0.6) is 0 Å². The fourth-order valence-electron chi connectivity index (χ4n) is 3.62. The summed E-state index contributed by atoms with van der Waals surface area (Å²) in [7, 11) is 0. The van der Waals surface area contributed by atoms with Crippen molar-refractivity contribution < 1.29 is 19.5 Å². The number of anilines is 1. The number of urea groups is 1. The minimum Gasteiger partial charge on any atom is -0.481 e. The van der Waals surface area contributed by atoms with E-state index in [1.54, 1.807) is 4.90 Å². The topological polar surface area (TPSA) is 98.7 Å². The molecule has 26 heavy (non-hydrogen) atoms. The quantitative estimate of drug-likeness (QED) is 0.752. The van der Waals surface area contributed by atoms with Crippen molar-refractivity contribution in [2.45, 2.75) is 44.6 Å². The summed E-state index contributed by atoms with van der Waals surface area (Å²) in [6, 6.07) is 8.99. The number of nitrogens with one attached hydrogen (secondary N) is 2. The maximum atomic E-state index is 12.4. The van der Waals surface area contributed by atoms with Crippen molar-refractivity contribution in [3.8, 4) is 0 Å². The number of aliphatic carboxylic acids is 1. The summed E-state index contributed by atoms with van der Waals surface area (Å²) in [5, 5.41) is 15.1. The molecule has 3 N–H and O–H groups in total. The van der Waals surface area contributed by atoms with Crippen LogP contribution in [-0.4, -0.2) is 47.0 Å². The third-order valence-electron chi connectivity index (χ3n) is 5.47. The van der Waals surface area contributed by atoms with E-state index >= 15 is 0 Å². The minimum absolute atomic E-state index is 0.0138. The summed E-state index contributed by atoms with van der Waals surface area (Å²) in [4.78, 5) is 37.6. The van der Waals surface area contributed by atoms with Crippen molar-refractivity contribution in [3.05, 3.63) is 30.3 Å². The maximum absolute atomic E-state index is 12.4. The Labute approximate surface area is 152 Å². The standard InChI is InChI=1S/C19H25N3O4/c23-16(13-19(17(24)25)9-4-10-19)22-11-7-15(8-12-22)21-18(26)20-14-5-2-1-3-6-14/h1-3,5-6,15H,4,7-13H2,(H,24,25)(H2,20,21,26). The van der Waals surface area contributed by atoms with Crippen LogP contribution in [0.4, 0.5) is 10.5 Å². The SMILES string of the molecule is O=C(Nc1ccccc1)NC1CCN(C(=O)CC2(C(=O)O)CCC2)CC1. The van der Waals surface area contributed by atoms with Gasteiger partial charge >= 0.3 is 12.0 Å². The molecule has 7 heteroatoms. The second-order valence-corrected chi connectivity index (χ2v) is 7.24. The molecule has 2 fully saturated rings. The van der Waals surface area contributed by atoms with Gasteiger partial charge in [-0.3, -0.25) is 9.59 Å². The Morgan fingerprint density at radius 1 is 1.12 bits per heavy atom. The Hall–Kier alpha value is -2.57. The molecule has 0 atom stereocenters. The van der Waals surface area contributed by atoms with E-state index in [9.17, 15) is 19.5 Å². The molecule has 1 aromatic rings. The molecule has 0 aromatic heterocycles. The number of hydrogen-bond acceptors (Lipinski definition) is 3. The van der Waals surface area contributed by atoms with Crippen molar-refractivity contribution in [1.82, 2.24) is 10.2 Å². The van der Waals surface area contributed by atoms with Crippen LogP contribution in [0.3, 0.4) is 0 Å². The summed E-state index contributed by atoms with van der Waals surface area (Å²) in [6.45, 7) is 1.09. The number of piperidine rings is 1. The number of nitrogens with zero attached hydrogens (tertiary/aromatic N) is 1. The zero-order valence-electron chi connectivity index (χ0n) is 14.7. The summed E-state index contributed by atoms with van der Waals surface area (Å²) < 4.78 is 0. The zero-order valence-corrected chi connectivity index (χ0v) is 14.7. The molecule has 140 valence electrons. The fourth-order valence-corrected chi connectivity index (χ4v) is 3.62. The first kappa shape index (κ1) is 18.2. The predicted molar refractivity (Wildman–Crippen MR) is 96.7 cm³/mol. The first-order valence-electron chi connectivity index (χ1n) is 9.12. The number of carboxylic acids is 1. The molecule has 3 amide bonds. The lowest BCUT2D eigenvalue weighted by Crippen LogP contribution is -2.49. The monoisotopic (exact) mass is 359 g/mol. The number of rotatable bonds is 5. The zero-order chi connectivity index (χ0) is 18.6. The van der Waals surface area contributed by atoms with Crippen molar-refractivity contribution in [1.29, 1.82) is 0 Å². The largest absolute Gasteiger partial charge is 0.481 e. The number of carbonyl (C=O) groups is 3. The average molecular weight is 359 g/mol. The van der Waals surface area contributed by atoms with E-state index in [0.29, 0.717) is 38.8 Å². The van der Waals surface area contributed by atoms with Crippen molar-refractivity contribution >= 4 is 23.6 Å². The summed E-state index contributed by atoms with van der Waals surface area (Å²) >= 11 is 0. The number of benzene rings is 1. The molecule has 7 nitrogen and oxygen atoms in total. The molecule has 1 aromatic carbocycles. The lowest BCUT2D eigenvalue weighted by Gasteiger charge is -2.39. The molecule has 0 spiro atoms. The number of carbonyl (C=O) groups excluding carboxylic acids is 2. The second-order valence-electron chi connectivity index (χ2n) is 7.24. The van der Waals surface area contributed by atoms with E-state index in [1.165, 1.54) is 0 Å². The van der Waals surface area contributed by atoms with E-state index < -0.39 is 11.4 Å². The van der Waals surface area contributed by atoms with Gasteiger partial charge in [-0.2, -0.15) is 0 Å². The van der Waals surface area contributed by atoms with E-state index in [0.717, 1.165) is 12.1 Å². The number of para-hydroxylation sites is 1.